The fraction of sp³-hybridized carbons (Fsp3) is 0.588. The van der Waals surface area contributed by atoms with Gasteiger partial charge in [-0.05, 0) is 61.7 Å². The lowest BCUT2D eigenvalue weighted by Gasteiger charge is -2.23. The molecule has 3 aliphatic rings. The second-order valence-corrected chi connectivity index (χ2v) is 6.75. The number of piperidine rings is 1. The average Bonchev–Trinajstić information content (AvgIpc) is 2.99. The van der Waals surface area contributed by atoms with Gasteiger partial charge < -0.3 is 10.6 Å². The van der Waals surface area contributed by atoms with Gasteiger partial charge in [0.1, 0.15) is 0 Å². The van der Waals surface area contributed by atoms with Crippen molar-refractivity contribution in [2.24, 2.45) is 11.3 Å². The van der Waals surface area contributed by atoms with Gasteiger partial charge in [0, 0.05) is 12.0 Å². The standard InChI is InChI=1S/C17H22N2O/c20-16(15-11-17(15)5-7-18-8-6-17)19-14-9-12-3-1-2-4-13(12)10-14/h1-4,14-15,18H,5-11H2,(H,19,20). The van der Waals surface area contributed by atoms with Gasteiger partial charge in [0.05, 0.1) is 0 Å². The predicted molar refractivity (Wildman–Crippen MR) is 78.4 cm³/mol. The lowest BCUT2D eigenvalue weighted by atomic mass is 9.91. The molecule has 1 aromatic rings. The van der Waals surface area contributed by atoms with E-state index < -0.39 is 0 Å². The number of amides is 1. The summed E-state index contributed by atoms with van der Waals surface area (Å²) in [6.07, 6.45) is 5.47. The highest BCUT2D eigenvalue weighted by molar-refractivity contribution is 5.83. The molecule has 2 N–H and O–H groups in total. The molecule has 1 atom stereocenters. The summed E-state index contributed by atoms with van der Waals surface area (Å²) in [6.45, 7) is 2.16. The van der Waals surface area contributed by atoms with Gasteiger partial charge in [0.15, 0.2) is 0 Å². The summed E-state index contributed by atoms with van der Waals surface area (Å²) in [5, 5.41) is 6.69. The van der Waals surface area contributed by atoms with E-state index in [1.807, 2.05) is 0 Å². The van der Waals surface area contributed by atoms with Gasteiger partial charge in [-0.3, -0.25) is 4.79 Å². The monoisotopic (exact) mass is 270 g/mol. The number of hydrogen-bond donors (Lipinski definition) is 2. The van der Waals surface area contributed by atoms with Crippen molar-refractivity contribution in [3.8, 4) is 0 Å². The average molecular weight is 270 g/mol. The lowest BCUT2D eigenvalue weighted by molar-refractivity contribution is -0.123. The zero-order valence-electron chi connectivity index (χ0n) is 11.8. The SMILES string of the molecule is O=C(NC1Cc2ccccc2C1)C1CC12CCNCC2. The number of benzene rings is 1. The van der Waals surface area contributed by atoms with Crippen molar-refractivity contribution in [3.05, 3.63) is 35.4 Å². The molecule has 1 amide bonds. The van der Waals surface area contributed by atoms with Gasteiger partial charge in [0.2, 0.25) is 5.91 Å². The van der Waals surface area contributed by atoms with Gasteiger partial charge in [-0.15, -0.1) is 0 Å². The van der Waals surface area contributed by atoms with Crippen LogP contribution in [0.25, 0.3) is 0 Å². The van der Waals surface area contributed by atoms with Crippen molar-refractivity contribution in [3.63, 3.8) is 0 Å². The Morgan fingerprint density at radius 2 is 1.80 bits per heavy atom. The van der Waals surface area contributed by atoms with E-state index in [0.717, 1.165) is 32.4 Å². The summed E-state index contributed by atoms with van der Waals surface area (Å²) in [4.78, 5) is 12.5. The highest BCUT2D eigenvalue weighted by atomic mass is 16.2. The van der Waals surface area contributed by atoms with E-state index in [1.54, 1.807) is 0 Å². The third-order valence-electron chi connectivity index (χ3n) is 5.50. The van der Waals surface area contributed by atoms with E-state index >= 15 is 0 Å². The first-order valence-corrected chi connectivity index (χ1v) is 7.85. The van der Waals surface area contributed by atoms with Crippen molar-refractivity contribution < 1.29 is 4.79 Å². The number of fused-ring (bicyclic) bond motifs is 1. The van der Waals surface area contributed by atoms with Gasteiger partial charge in [-0.25, -0.2) is 0 Å². The molecule has 1 saturated carbocycles. The third-order valence-corrected chi connectivity index (χ3v) is 5.50. The molecule has 2 fully saturated rings. The first-order chi connectivity index (χ1) is 9.77. The van der Waals surface area contributed by atoms with E-state index in [2.05, 4.69) is 34.9 Å². The topological polar surface area (TPSA) is 41.1 Å². The number of carbonyl (C=O) groups excluding carboxylic acids is 1. The minimum absolute atomic E-state index is 0.285. The van der Waals surface area contributed by atoms with Crippen LogP contribution in [0.15, 0.2) is 24.3 Å². The zero-order chi connectivity index (χ0) is 13.6. The molecule has 3 nitrogen and oxygen atoms in total. The lowest BCUT2D eigenvalue weighted by Crippen LogP contribution is -2.39. The van der Waals surface area contributed by atoms with Crippen LogP contribution < -0.4 is 10.6 Å². The van der Waals surface area contributed by atoms with Crippen LogP contribution in [0.5, 0.6) is 0 Å². The van der Waals surface area contributed by atoms with Crippen LogP contribution in [0.2, 0.25) is 0 Å². The molecular weight excluding hydrogens is 248 g/mol. The van der Waals surface area contributed by atoms with E-state index in [-0.39, 0.29) is 5.92 Å². The van der Waals surface area contributed by atoms with Crippen LogP contribution >= 0.6 is 0 Å². The molecule has 20 heavy (non-hydrogen) atoms. The molecule has 1 spiro atoms. The van der Waals surface area contributed by atoms with Crippen molar-refractivity contribution in [2.45, 2.75) is 38.1 Å². The number of hydrogen-bond acceptors (Lipinski definition) is 2. The fourth-order valence-electron chi connectivity index (χ4n) is 4.16. The van der Waals surface area contributed by atoms with Crippen molar-refractivity contribution in [1.82, 2.24) is 10.6 Å². The Morgan fingerprint density at radius 3 is 2.45 bits per heavy atom. The van der Waals surface area contributed by atoms with Crippen molar-refractivity contribution in [2.75, 3.05) is 13.1 Å². The first kappa shape index (κ1) is 12.4. The molecular formula is C17H22N2O. The Balaban J connectivity index is 1.36. The Labute approximate surface area is 120 Å². The number of carbonyl (C=O) groups is 1. The third kappa shape index (κ3) is 2.05. The van der Waals surface area contributed by atoms with Crippen LogP contribution in [0.1, 0.15) is 30.4 Å². The molecule has 1 heterocycles. The minimum Gasteiger partial charge on any atom is -0.352 e. The second-order valence-electron chi connectivity index (χ2n) is 6.75. The number of rotatable bonds is 2. The van der Waals surface area contributed by atoms with E-state index in [1.165, 1.54) is 24.0 Å². The normalized spacial score (nSPS) is 27.3. The molecule has 3 heteroatoms. The summed E-state index contributed by atoms with van der Waals surface area (Å²) >= 11 is 0. The van der Waals surface area contributed by atoms with Crippen LogP contribution in [-0.4, -0.2) is 25.0 Å². The van der Waals surface area contributed by atoms with E-state index in [9.17, 15) is 4.79 Å². The molecule has 1 aliphatic heterocycles. The smallest absolute Gasteiger partial charge is 0.223 e. The maximum Gasteiger partial charge on any atom is 0.223 e. The Morgan fingerprint density at radius 1 is 1.15 bits per heavy atom. The van der Waals surface area contributed by atoms with Gasteiger partial charge >= 0.3 is 0 Å². The maximum atomic E-state index is 12.5. The zero-order valence-corrected chi connectivity index (χ0v) is 11.8. The van der Waals surface area contributed by atoms with E-state index in [0.29, 0.717) is 17.4 Å². The van der Waals surface area contributed by atoms with Crippen molar-refractivity contribution in [1.29, 1.82) is 0 Å². The molecule has 106 valence electrons. The summed E-state index contributed by atoms with van der Waals surface area (Å²) in [5.41, 5.74) is 3.16. The fourth-order valence-corrected chi connectivity index (χ4v) is 4.16. The van der Waals surface area contributed by atoms with Gasteiger partial charge in [-0.1, -0.05) is 24.3 Å². The predicted octanol–water partition coefficient (Wildman–Crippen LogP) is 1.66. The molecule has 1 saturated heterocycles. The Bertz CT molecular complexity index is 509. The number of nitrogens with one attached hydrogen (secondary N) is 2. The van der Waals surface area contributed by atoms with E-state index in [4.69, 9.17) is 0 Å². The Hall–Kier alpha value is -1.35. The summed E-state index contributed by atoms with van der Waals surface area (Å²) < 4.78 is 0. The van der Waals surface area contributed by atoms with Crippen LogP contribution in [0.4, 0.5) is 0 Å². The molecule has 1 aromatic carbocycles. The second kappa shape index (κ2) is 4.59. The summed E-state index contributed by atoms with van der Waals surface area (Å²) in [7, 11) is 0. The summed E-state index contributed by atoms with van der Waals surface area (Å²) in [6, 6.07) is 8.88. The maximum absolute atomic E-state index is 12.5. The van der Waals surface area contributed by atoms with Crippen LogP contribution in [0.3, 0.4) is 0 Å². The molecule has 0 aromatic heterocycles. The molecule has 1 unspecified atom stereocenters. The molecule has 0 radical (unpaired) electrons. The highest BCUT2D eigenvalue weighted by Crippen LogP contribution is 2.58. The molecule has 0 bridgehead atoms. The van der Waals surface area contributed by atoms with Crippen LogP contribution in [0, 0.1) is 11.3 Å². The molecule has 2 aliphatic carbocycles. The largest absolute Gasteiger partial charge is 0.352 e. The highest BCUT2D eigenvalue weighted by Gasteiger charge is 2.57. The van der Waals surface area contributed by atoms with Crippen LogP contribution in [-0.2, 0) is 17.6 Å². The van der Waals surface area contributed by atoms with Gasteiger partial charge in [-0.2, -0.15) is 0 Å². The first-order valence-electron chi connectivity index (χ1n) is 7.85. The summed E-state index contributed by atoms with van der Waals surface area (Å²) in [5.74, 6) is 0.595. The molecule has 4 rings (SSSR count). The Kier molecular flexibility index (Phi) is 2.84. The van der Waals surface area contributed by atoms with Gasteiger partial charge in [0.25, 0.3) is 0 Å². The van der Waals surface area contributed by atoms with Crippen molar-refractivity contribution >= 4 is 5.91 Å². The quantitative estimate of drug-likeness (QED) is 0.858. The minimum atomic E-state index is 0.285.